The standard InChI is InChI=1S/C66H44N2/c1-5-18-45(19-6-1)52-43-62(47-20-7-2-8-21-47)67-63(44-52)48-34-32-46(33-35-48)50-37-39-65-59(41-50)58-29-14-16-31-64(58)68(65)55-27-17-22-49(40-55)51-36-38-57-56-28-13-15-30-60(56)66(61(57)42-51,53-23-9-3-10-24-53)54-25-11-4-12-26-54/h1-44H. The van der Waals surface area contributed by atoms with Crippen LogP contribution in [0.5, 0.6) is 0 Å². The Balaban J connectivity index is 0.887. The van der Waals surface area contributed by atoms with Crippen molar-refractivity contribution in [2.24, 2.45) is 0 Å². The number of rotatable bonds is 8. The molecule has 2 heterocycles. The molecule has 0 saturated heterocycles. The molecule has 12 aromatic rings. The zero-order valence-electron chi connectivity index (χ0n) is 37.3. The molecule has 0 unspecified atom stereocenters. The summed E-state index contributed by atoms with van der Waals surface area (Å²) < 4.78 is 2.43. The van der Waals surface area contributed by atoms with Crippen LogP contribution in [0.2, 0.25) is 0 Å². The third-order valence-corrected chi connectivity index (χ3v) is 14.1. The van der Waals surface area contributed by atoms with Gasteiger partial charge < -0.3 is 4.57 Å². The summed E-state index contributed by atoms with van der Waals surface area (Å²) in [6, 6.07) is 97.3. The topological polar surface area (TPSA) is 17.8 Å². The predicted molar refractivity (Wildman–Crippen MR) is 283 cm³/mol. The van der Waals surface area contributed by atoms with E-state index in [-0.39, 0.29) is 0 Å². The minimum Gasteiger partial charge on any atom is -0.309 e. The highest BCUT2D eigenvalue weighted by Crippen LogP contribution is 2.56. The quantitative estimate of drug-likeness (QED) is 0.149. The Labute approximate surface area is 396 Å². The Bertz CT molecular complexity index is 3720. The number of pyridine rings is 1. The van der Waals surface area contributed by atoms with Crippen LogP contribution in [-0.4, -0.2) is 9.55 Å². The summed E-state index contributed by atoms with van der Waals surface area (Å²) in [4.78, 5) is 5.19. The molecule has 13 rings (SSSR count). The van der Waals surface area contributed by atoms with E-state index in [1.54, 1.807) is 0 Å². The molecule has 0 bridgehead atoms. The number of para-hydroxylation sites is 1. The summed E-state index contributed by atoms with van der Waals surface area (Å²) in [5.41, 5.74) is 21.9. The van der Waals surface area contributed by atoms with Crippen molar-refractivity contribution in [1.82, 2.24) is 9.55 Å². The lowest BCUT2D eigenvalue weighted by Gasteiger charge is -2.34. The number of nitrogens with zero attached hydrogens (tertiary/aromatic N) is 2. The predicted octanol–water partition coefficient (Wildman–Crippen LogP) is 16.9. The molecule has 0 N–H and O–H groups in total. The SMILES string of the molecule is c1ccc(-c2cc(-c3ccccc3)nc(-c3ccc(-c4ccc5c(c4)c4ccccc4n5-c4cccc(-c5ccc6c(c5)C(c5ccccc5)(c5ccccc5)c5ccccc5-6)c4)cc3)c2)cc1. The molecule has 0 radical (unpaired) electrons. The molecule has 0 fully saturated rings. The van der Waals surface area contributed by atoms with Crippen LogP contribution in [0, 0.1) is 0 Å². The van der Waals surface area contributed by atoms with Gasteiger partial charge in [0.25, 0.3) is 0 Å². The van der Waals surface area contributed by atoms with Crippen LogP contribution in [0.3, 0.4) is 0 Å². The van der Waals surface area contributed by atoms with Crippen molar-refractivity contribution in [2.75, 3.05) is 0 Å². The van der Waals surface area contributed by atoms with Crippen molar-refractivity contribution in [3.8, 4) is 72.7 Å². The van der Waals surface area contributed by atoms with Crippen molar-refractivity contribution in [2.45, 2.75) is 5.41 Å². The van der Waals surface area contributed by atoms with E-state index in [1.165, 1.54) is 77.4 Å². The Kier molecular flexibility index (Phi) is 9.43. The Morgan fingerprint density at radius 2 is 0.765 bits per heavy atom. The maximum absolute atomic E-state index is 5.19. The largest absolute Gasteiger partial charge is 0.309 e. The van der Waals surface area contributed by atoms with Gasteiger partial charge in [-0.25, -0.2) is 4.98 Å². The summed E-state index contributed by atoms with van der Waals surface area (Å²) in [7, 11) is 0. The van der Waals surface area contributed by atoms with Gasteiger partial charge in [-0.2, -0.15) is 0 Å². The van der Waals surface area contributed by atoms with Crippen molar-refractivity contribution >= 4 is 21.8 Å². The van der Waals surface area contributed by atoms with Gasteiger partial charge in [-0.15, -0.1) is 0 Å². The Hall–Kier alpha value is -8.85. The Morgan fingerprint density at radius 1 is 0.279 bits per heavy atom. The monoisotopic (exact) mass is 864 g/mol. The van der Waals surface area contributed by atoms with Gasteiger partial charge in [0.2, 0.25) is 0 Å². The molecule has 68 heavy (non-hydrogen) atoms. The highest BCUT2D eigenvalue weighted by Gasteiger charge is 2.46. The number of benzene rings is 10. The summed E-state index contributed by atoms with van der Waals surface area (Å²) >= 11 is 0. The maximum atomic E-state index is 5.19. The van der Waals surface area contributed by atoms with Crippen LogP contribution in [0.25, 0.3) is 94.5 Å². The molecule has 2 heteroatoms. The fourth-order valence-electron chi connectivity index (χ4n) is 10.9. The third-order valence-electron chi connectivity index (χ3n) is 14.1. The summed E-state index contributed by atoms with van der Waals surface area (Å²) in [6.45, 7) is 0. The first-order valence-electron chi connectivity index (χ1n) is 23.4. The van der Waals surface area contributed by atoms with Crippen LogP contribution in [0.15, 0.2) is 267 Å². The second-order valence-corrected chi connectivity index (χ2v) is 17.9. The molecule has 1 aliphatic carbocycles. The molecule has 0 aliphatic heterocycles. The molecule has 2 aromatic heterocycles. The molecular formula is C66H44N2. The van der Waals surface area contributed by atoms with Crippen LogP contribution >= 0.6 is 0 Å². The van der Waals surface area contributed by atoms with Gasteiger partial charge in [0.1, 0.15) is 0 Å². The Morgan fingerprint density at radius 3 is 1.49 bits per heavy atom. The van der Waals surface area contributed by atoms with Gasteiger partial charge >= 0.3 is 0 Å². The van der Waals surface area contributed by atoms with Crippen LogP contribution in [0.4, 0.5) is 0 Å². The van der Waals surface area contributed by atoms with Gasteiger partial charge in [-0.1, -0.05) is 218 Å². The van der Waals surface area contributed by atoms with E-state index in [9.17, 15) is 0 Å². The molecule has 0 amide bonds. The summed E-state index contributed by atoms with van der Waals surface area (Å²) in [5, 5.41) is 2.45. The number of aromatic nitrogens is 2. The van der Waals surface area contributed by atoms with Gasteiger partial charge in [0.05, 0.1) is 27.8 Å². The van der Waals surface area contributed by atoms with Gasteiger partial charge in [-0.3, -0.25) is 0 Å². The highest BCUT2D eigenvalue weighted by molar-refractivity contribution is 6.10. The van der Waals surface area contributed by atoms with E-state index in [1.807, 2.05) is 6.07 Å². The zero-order valence-corrected chi connectivity index (χ0v) is 37.3. The van der Waals surface area contributed by atoms with Gasteiger partial charge in [0, 0.05) is 27.6 Å². The highest BCUT2D eigenvalue weighted by atomic mass is 15.0. The van der Waals surface area contributed by atoms with E-state index in [2.05, 4.69) is 265 Å². The average Bonchev–Trinajstić information content (AvgIpc) is 3.92. The first kappa shape index (κ1) is 39.5. The fourth-order valence-corrected chi connectivity index (χ4v) is 10.9. The smallest absolute Gasteiger partial charge is 0.0715 e. The molecule has 10 aromatic carbocycles. The number of fused-ring (bicyclic) bond motifs is 6. The molecule has 1 aliphatic rings. The second-order valence-electron chi connectivity index (χ2n) is 17.9. The maximum Gasteiger partial charge on any atom is 0.0715 e. The van der Waals surface area contributed by atoms with Gasteiger partial charge in [-0.05, 0) is 115 Å². The minimum atomic E-state index is -0.455. The molecule has 0 atom stereocenters. The first-order chi connectivity index (χ1) is 33.7. The van der Waals surface area contributed by atoms with E-state index in [4.69, 9.17) is 4.98 Å². The molecule has 318 valence electrons. The summed E-state index contributed by atoms with van der Waals surface area (Å²) in [6.07, 6.45) is 0. The normalized spacial score (nSPS) is 12.5. The number of hydrogen-bond acceptors (Lipinski definition) is 1. The summed E-state index contributed by atoms with van der Waals surface area (Å²) in [5.74, 6) is 0. The van der Waals surface area contributed by atoms with E-state index in [0.717, 1.165) is 39.3 Å². The van der Waals surface area contributed by atoms with Crippen molar-refractivity contribution in [3.05, 3.63) is 289 Å². The second kappa shape index (κ2) is 16.2. The molecule has 2 nitrogen and oxygen atoms in total. The lowest BCUT2D eigenvalue weighted by molar-refractivity contribution is 0.769. The van der Waals surface area contributed by atoms with E-state index < -0.39 is 5.41 Å². The zero-order chi connectivity index (χ0) is 45.0. The van der Waals surface area contributed by atoms with E-state index >= 15 is 0 Å². The minimum absolute atomic E-state index is 0.455. The van der Waals surface area contributed by atoms with E-state index in [0.29, 0.717) is 0 Å². The first-order valence-corrected chi connectivity index (χ1v) is 23.4. The van der Waals surface area contributed by atoms with Crippen LogP contribution < -0.4 is 0 Å². The van der Waals surface area contributed by atoms with Crippen LogP contribution in [0.1, 0.15) is 22.3 Å². The molecular weight excluding hydrogens is 821 g/mol. The van der Waals surface area contributed by atoms with Crippen molar-refractivity contribution in [1.29, 1.82) is 0 Å². The lowest BCUT2D eigenvalue weighted by Crippen LogP contribution is -2.28. The van der Waals surface area contributed by atoms with Crippen molar-refractivity contribution < 1.29 is 0 Å². The number of hydrogen-bond donors (Lipinski definition) is 0. The average molecular weight is 865 g/mol. The van der Waals surface area contributed by atoms with Gasteiger partial charge in [0.15, 0.2) is 0 Å². The fraction of sp³-hybridized carbons (Fsp3) is 0.0152. The lowest BCUT2D eigenvalue weighted by atomic mass is 9.67. The third kappa shape index (κ3) is 6.45. The molecule has 0 spiro atoms. The van der Waals surface area contributed by atoms with Crippen molar-refractivity contribution in [3.63, 3.8) is 0 Å². The molecule has 0 saturated carbocycles. The van der Waals surface area contributed by atoms with Crippen LogP contribution in [-0.2, 0) is 5.41 Å².